The van der Waals surface area contributed by atoms with Crippen molar-refractivity contribution < 1.29 is 13.2 Å². The number of hydrogen-bond donors (Lipinski definition) is 2. The maximum atomic E-state index is 14.3. The zero-order valence-corrected chi connectivity index (χ0v) is 31.0. The van der Waals surface area contributed by atoms with Gasteiger partial charge in [-0.2, -0.15) is 18.4 Å². The highest BCUT2D eigenvalue weighted by Crippen LogP contribution is 2.43. The van der Waals surface area contributed by atoms with Gasteiger partial charge >= 0.3 is 6.18 Å². The van der Waals surface area contributed by atoms with Gasteiger partial charge in [-0.05, 0) is 105 Å². The molecule has 7 heteroatoms. The monoisotopic (exact) mass is 709 g/mol. The summed E-state index contributed by atoms with van der Waals surface area (Å²) in [5.41, 5.74) is 3.42. The predicted octanol–water partition coefficient (Wildman–Crippen LogP) is 12.3. The van der Waals surface area contributed by atoms with Crippen LogP contribution in [0, 0.1) is 11.3 Å². The zero-order valence-electron chi connectivity index (χ0n) is 30.2. The quantitative estimate of drug-likeness (QED) is 0.0961. The zero-order chi connectivity index (χ0) is 37.1. The van der Waals surface area contributed by atoms with E-state index in [2.05, 4.69) is 30.2 Å². The number of halogens is 3. The molecule has 2 N–H and O–H groups in total. The summed E-state index contributed by atoms with van der Waals surface area (Å²) in [6.45, 7) is 13.7. The van der Waals surface area contributed by atoms with Gasteiger partial charge in [-0.3, -0.25) is 0 Å². The number of nitriles is 1. The van der Waals surface area contributed by atoms with Gasteiger partial charge in [0.1, 0.15) is 0 Å². The molecule has 0 aromatic heterocycles. The number of nitrogens with one attached hydrogen (secondary N) is 2. The lowest BCUT2D eigenvalue weighted by Crippen LogP contribution is -2.33. The van der Waals surface area contributed by atoms with Crippen LogP contribution < -0.4 is 10.6 Å². The van der Waals surface area contributed by atoms with E-state index in [1.807, 2.05) is 112 Å². The van der Waals surface area contributed by atoms with E-state index in [-0.39, 0.29) is 0 Å². The van der Waals surface area contributed by atoms with E-state index in [1.54, 1.807) is 18.2 Å². The summed E-state index contributed by atoms with van der Waals surface area (Å²) in [5, 5.41) is 17.9. The van der Waals surface area contributed by atoms with E-state index in [1.165, 1.54) is 17.8 Å². The third-order valence-electron chi connectivity index (χ3n) is 8.38. The Morgan fingerprint density at radius 3 is 2.04 bits per heavy atom. The summed E-state index contributed by atoms with van der Waals surface area (Å²) in [5.74, 6) is 0. The molecule has 0 aliphatic rings. The van der Waals surface area contributed by atoms with E-state index in [0.29, 0.717) is 42.6 Å². The maximum absolute atomic E-state index is 14.3. The summed E-state index contributed by atoms with van der Waals surface area (Å²) >= 11 is 1.49. The molecule has 0 aliphatic heterocycles. The molecule has 0 atom stereocenters. The largest absolute Gasteiger partial charge is 0.416 e. The van der Waals surface area contributed by atoms with E-state index in [4.69, 9.17) is 0 Å². The third kappa shape index (κ3) is 13.5. The SMILES string of the molecule is C=C(/C=C\C(C)=C/C)S\C(=C/C=C(C#N)/C=C/CC(Cc1ccccc1)(Cc1ccccc1)c1cc(C(F)(F)F)ccc1NCCC)NCCC. The second-order valence-corrected chi connectivity index (χ2v) is 13.7. The van der Waals surface area contributed by atoms with Crippen molar-refractivity contribution in [2.75, 3.05) is 18.4 Å². The fraction of sp³-hybridized carbons (Fsp3) is 0.295. The Hall–Kier alpha value is -4.67. The van der Waals surface area contributed by atoms with Crippen molar-refractivity contribution >= 4 is 17.4 Å². The van der Waals surface area contributed by atoms with Crippen molar-refractivity contribution in [3.63, 3.8) is 0 Å². The number of alkyl halides is 3. The van der Waals surface area contributed by atoms with E-state index >= 15 is 0 Å². The van der Waals surface area contributed by atoms with Gasteiger partial charge in [0.2, 0.25) is 0 Å². The Morgan fingerprint density at radius 2 is 1.49 bits per heavy atom. The van der Waals surface area contributed by atoms with Gasteiger partial charge in [-0.1, -0.05) is 117 Å². The van der Waals surface area contributed by atoms with Crippen molar-refractivity contribution in [2.45, 2.75) is 71.4 Å². The molecule has 0 bridgehead atoms. The fourth-order valence-corrected chi connectivity index (χ4v) is 6.36. The average Bonchev–Trinajstić information content (AvgIpc) is 3.13. The molecule has 0 spiro atoms. The minimum absolute atomic E-state index is 0.392. The Kier molecular flexibility index (Phi) is 16.7. The van der Waals surface area contributed by atoms with Crippen molar-refractivity contribution in [1.82, 2.24) is 5.32 Å². The molecular formula is C44H50F3N3S. The molecule has 3 aromatic carbocycles. The number of anilines is 1. The van der Waals surface area contributed by atoms with Crippen molar-refractivity contribution in [3.8, 4) is 6.07 Å². The number of hydrogen-bond acceptors (Lipinski definition) is 4. The van der Waals surface area contributed by atoms with Crippen LogP contribution in [0.3, 0.4) is 0 Å². The summed E-state index contributed by atoms with van der Waals surface area (Å²) in [6, 6.07) is 26.1. The molecule has 51 heavy (non-hydrogen) atoms. The van der Waals surface area contributed by atoms with Gasteiger partial charge in [0.25, 0.3) is 0 Å². The standard InChI is InChI=1S/C44H50F3N3S/c1-6-28-49-41-25-24-39(44(45,46)47)30-40(41)43(31-36-16-11-9-12-17-36,32-37-18-13-10-14-19-37)27-15-20-38(33-48)23-26-42(50-29-7-2)51-35(5)22-21-34(4)8-3/h8-26,30,49-50H,5-7,27-29,31-32H2,1-4H3/b20-15+,22-21-,34-8-,38-23-,42-26-. The smallest absolute Gasteiger partial charge is 0.385 e. The van der Waals surface area contributed by atoms with Crippen LogP contribution in [0.5, 0.6) is 0 Å². The van der Waals surface area contributed by atoms with Crippen LogP contribution in [-0.2, 0) is 24.4 Å². The first-order chi connectivity index (χ1) is 24.5. The number of thioether (sulfide) groups is 1. The molecule has 0 unspecified atom stereocenters. The first-order valence-electron chi connectivity index (χ1n) is 17.5. The van der Waals surface area contributed by atoms with Gasteiger partial charge in [0, 0.05) is 29.1 Å². The predicted molar refractivity (Wildman–Crippen MR) is 211 cm³/mol. The normalized spacial score (nSPS) is 13.1. The molecule has 0 heterocycles. The minimum atomic E-state index is -4.50. The summed E-state index contributed by atoms with van der Waals surface area (Å²) in [6.07, 6.45) is 12.0. The minimum Gasteiger partial charge on any atom is -0.385 e. The van der Waals surface area contributed by atoms with Gasteiger partial charge in [-0.25, -0.2) is 0 Å². The molecular weight excluding hydrogens is 660 g/mol. The highest BCUT2D eigenvalue weighted by molar-refractivity contribution is 8.06. The topological polar surface area (TPSA) is 47.9 Å². The van der Waals surface area contributed by atoms with E-state index in [0.717, 1.165) is 52.1 Å². The Labute approximate surface area is 307 Å². The molecule has 268 valence electrons. The summed E-state index contributed by atoms with van der Waals surface area (Å²) in [7, 11) is 0. The lowest BCUT2D eigenvalue weighted by atomic mass is 9.68. The summed E-state index contributed by atoms with van der Waals surface area (Å²) < 4.78 is 42.9. The maximum Gasteiger partial charge on any atom is 0.416 e. The summed E-state index contributed by atoms with van der Waals surface area (Å²) in [4.78, 5) is 0.855. The van der Waals surface area contributed by atoms with E-state index in [9.17, 15) is 18.4 Å². The Balaban J connectivity index is 2.15. The second-order valence-electron chi connectivity index (χ2n) is 12.5. The van der Waals surface area contributed by atoms with Crippen LogP contribution in [0.1, 0.15) is 69.2 Å². The molecule has 0 saturated carbocycles. The molecule has 3 aromatic rings. The molecule has 0 fully saturated rings. The average molecular weight is 710 g/mol. The van der Waals surface area contributed by atoms with Gasteiger partial charge in [0.15, 0.2) is 0 Å². The number of nitrogens with zero attached hydrogens (tertiary/aromatic N) is 1. The van der Waals surface area contributed by atoms with Crippen LogP contribution in [-0.4, -0.2) is 13.1 Å². The van der Waals surface area contributed by atoms with Gasteiger partial charge in [0.05, 0.1) is 22.2 Å². The number of allylic oxidation sites excluding steroid dienone is 9. The highest BCUT2D eigenvalue weighted by Gasteiger charge is 2.38. The molecule has 0 saturated heterocycles. The van der Waals surface area contributed by atoms with Crippen molar-refractivity contribution in [1.29, 1.82) is 5.26 Å². The van der Waals surface area contributed by atoms with Gasteiger partial charge in [-0.15, -0.1) is 0 Å². The first kappa shape index (κ1) is 40.8. The number of benzene rings is 3. The lowest BCUT2D eigenvalue weighted by Gasteiger charge is -2.37. The van der Waals surface area contributed by atoms with Gasteiger partial charge < -0.3 is 10.6 Å². The molecule has 3 nitrogen and oxygen atoms in total. The Bertz CT molecular complexity index is 1700. The van der Waals surface area contributed by atoms with Crippen LogP contribution >= 0.6 is 11.8 Å². The number of rotatable bonds is 19. The molecule has 0 amide bonds. The fourth-order valence-electron chi connectivity index (χ4n) is 5.63. The molecule has 0 radical (unpaired) electrons. The van der Waals surface area contributed by atoms with Crippen LogP contribution in [0.4, 0.5) is 18.9 Å². The third-order valence-corrected chi connectivity index (χ3v) is 9.28. The van der Waals surface area contributed by atoms with Crippen LogP contribution in [0.25, 0.3) is 0 Å². The molecule has 0 aliphatic carbocycles. The first-order valence-corrected chi connectivity index (χ1v) is 18.3. The molecule has 3 rings (SSSR count). The van der Waals surface area contributed by atoms with E-state index < -0.39 is 17.2 Å². The van der Waals surface area contributed by atoms with Crippen LogP contribution in [0.2, 0.25) is 0 Å². The second kappa shape index (κ2) is 20.9. The van der Waals surface area contributed by atoms with Crippen molar-refractivity contribution in [2.24, 2.45) is 0 Å². The van der Waals surface area contributed by atoms with Crippen molar-refractivity contribution in [3.05, 3.63) is 171 Å². The highest BCUT2D eigenvalue weighted by atomic mass is 32.2. The Morgan fingerprint density at radius 1 is 0.863 bits per heavy atom. The van der Waals surface area contributed by atoms with Crippen LogP contribution in [0.15, 0.2) is 149 Å². The lowest BCUT2D eigenvalue weighted by molar-refractivity contribution is -0.137.